The van der Waals surface area contributed by atoms with E-state index in [-0.39, 0.29) is 18.4 Å². The molecule has 0 saturated carbocycles. The molecule has 6 nitrogen and oxygen atoms in total. The maximum absolute atomic E-state index is 12.3. The predicted molar refractivity (Wildman–Crippen MR) is 138 cm³/mol. The zero-order valence-electron chi connectivity index (χ0n) is 19.7. The SMILES string of the molecule is CCCCNC(=O)c1ccc(NCC(=O)Nc2ccc(OCCCc3ccccc3)cc2)cc1. The van der Waals surface area contributed by atoms with Crippen LogP contribution in [0.4, 0.5) is 11.4 Å². The van der Waals surface area contributed by atoms with Crippen LogP contribution in [0.2, 0.25) is 0 Å². The van der Waals surface area contributed by atoms with E-state index in [9.17, 15) is 9.59 Å². The highest BCUT2D eigenvalue weighted by Gasteiger charge is 2.06. The summed E-state index contributed by atoms with van der Waals surface area (Å²) in [7, 11) is 0. The molecular formula is C28H33N3O3. The number of unbranched alkanes of at least 4 members (excludes halogenated alkanes) is 1. The third-order valence-electron chi connectivity index (χ3n) is 5.28. The molecule has 6 heteroatoms. The van der Waals surface area contributed by atoms with Gasteiger partial charge < -0.3 is 20.7 Å². The van der Waals surface area contributed by atoms with Crippen molar-refractivity contribution in [2.24, 2.45) is 0 Å². The number of aryl methyl sites for hydroxylation is 1. The van der Waals surface area contributed by atoms with Gasteiger partial charge in [-0.3, -0.25) is 9.59 Å². The number of hydrogen-bond acceptors (Lipinski definition) is 4. The topological polar surface area (TPSA) is 79.5 Å². The maximum atomic E-state index is 12.3. The van der Waals surface area contributed by atoms with E-state index in [4.69, 9.17) is 4.74 Å². The molecule has 2 amide bonds. The summed E-state index contributed by atoms with van der Waals surface area (Å²) in [6, 6.07) is 24.8. The standard InChI is InChI=1S/C28H33N3O3/c1-2-3-19-29-28(33)23-11-13-24(14-12-23)30-21-27(32)31-25-15-17-26(18-16-25)34-20-7-10-22-8-5-4-6-9-22/h4-6,8-9,11-18,30H,2-3,7,10,19-21H2,1H3,(H,29,33)(H,31,32). The van der Waals surface area contributed by atoms with E-state index in [1.165, 1.54) is 5.56 Å². The van der Waals surface area contributed by atoms with Crippen LogP contribution in [0.15, 0.2) is 78.9 Å². The summed E-state index contributed by atoms with van der Waals surface area (Å²) in [5.74, 6) is 0.544. The summed E-state index contributed by atoms with van der Waals surface area (Å²) < 4.78 is 5.79. The van der Waals surface area contributed by atoms with E-state index >= 15 is 0 Å². The van der Waals surface area contributed by atoms with Crippen LogP contribution in [0.5, 0.6) is 5.75 Å². The lowest BCUT2D eigenvalue weighted by Crippen LogP contribution is -2.24. The lowest BCUT2D eigenvalue weighted by Gasteiger charge is -2.10. The molecule has 0 fully saturated rings. The molecular weight excluding hydrogens is 426 g/mol. The van der Waals surface area contributed by atoms with Gasteiger partial charge in [-0.2, -0.15) is 0 Å². The monoisotopic (exact) mass is 459 g/mol. The number of nitrogens with one attached hydrogen (secondary N) is 3. The fourth-order valence-corrected chi connectivity index (χ4v) is 3.35. The van der Waals surface area contributed by atoms with Gasteiger partial charge in [-0.25, -0.2) is 0 Å². The van der Waals surface area contributed by atoms with E-state index in [0.29, 0.717) is 24.4 Å². The lowest BCUT2D eigenvalue weighted by molar-refractivity contribution is -0.114. The second-order valence-corrected chi connectivity index (χ2v) is 8.05. The quantitative estimate of drug-likeness (QED) is 0.304. The number of amides is 2. The predicted octanol–water partition coefficient (Wildman–Crippen LogP) is 5.28. The van der Waals surface area contributed by atoms with Crippen molar-refractivity contribution in [1.82, 2.24) is 5.32 Å². The number of ether oxygens (including phenoxy) is 1. The second-order valence-electron chi connectivity index (χ2n) is 8.05. The lowest BCUT2D eigenvalue weighted by atomic mass is 10.1. The molecule has 0 aliphatic rings. The Balaban J connectivity index is 1.35. The van der Waals surface area contributed by atoms with Crippen molar-refractivity contribution in [2.75, 3.05) is 30.3 Å². The van der Waals surface area contributed by atoms with Crippen molar-refractivity contribution in [3.63, 3.8) is 0 Å². The summed E-state index contributed by atoms with van der Waals surface area (Å²) in [5.41, 5.74) is 3.40. The Morgan fingerprint density at radius 3 is 2.24 bits per heavy atom. The Hall–Kier alpha value is -3.80. The molecule has 0 radical (unpaired) electrons. The summed E-state index contributed by atoms with van der Waals surface area (Å²) in [4.78, 5) is 24.3. The molecule has 0 heterocycles. The highest BCUT2D eigenvalue weighted by atomic mass is 16.5. The first-order chi connectivity index (χ1) is 16.6. The largest absolute Gasteiger partial charge is 0.494 e. The zero-order chi connectivity index (χ0) is 24.0. The van der Waals surface area contributed by atoms with Crippen LogP contribution in [0, 0.1) is 0 Å². The van der Waals surface area contributed by atoms with Gasteiger partial charge in [0, 0.05) is 23.5 Å². The minimum atomic E-state index is -0.155. The number of carbonyl (C=O) groups is 2. The molecule has 3 N–H and O–H groups in total. The molecule has 178 valence electrons. The van der Waals surface area contributed by atoms with Gasteiger partial charge in [-0.1, -0.05) is 43.7 Å². The number of anilines is 2. The van der Waals surface area contributed by atoms with E-state index < -0.39 is 0 Å². The number of rotatable bonds is 13. The van der Waals surface area contributed by atoms with Crippen LogP contribution in [0.25, 0.3) is 0 Å². The second kappa shape index (κ2) is 13.7. The maximum Gasteiger partial charge on any atom is 0.251 e. The summed E-state index contributed by atoms with van der Waals surface area (Å²) in [6.07, 6.45) is 3.93. The average molecular weight is 460 g/mol. The summed E-state index contributed by atoms with van der Waals surface area (Å²) in [6.45, 7) is 3.53. The Morgan fingerprint density at radius 2 is 1.53 bits per heavy atom. The van der Waals surface area contributed by atoms with Crippen molar-refractivity contribution in [3.8, 4) is 5.75 Å². The third-order valence-corrected chi connectivity index (χ3v) is 5.28. The van der Waals surface area contributed by atoms with Crippen LogP contribution in [-0.4, -0.2) is 31.5 Å². The molecule has 0 unspecified atom stereocenters. The molecule has 0 saturated heterocycles. The van der Waals surface area contributed by atoms with Crippen molar-refractivity contribution in [1.29, 1.82) is 0 Å². The van der Waals surface area contributed by atoms with Gasteiger partial charge in [0.2, 0.25) is 5.91 Å². The van der Waals surface area contributed by atoms with Crippen LogP contribution >= 0.6 is 0 Å². The minimum Gasteiger partial charge on any atom is -0.494 e. The fraction of sp³-hybridized carbons (Fsp3) is 0.286. The minimum absolute atomic E-state index is 0.0821. The molecule has 3 aromatic carbocycles. The summed E-state index contributed by atoms with van der Waals surface area (Å²) >= 11 is 0. The molecule has 3 aromatic rings. The Kier molecular flexibility index (Phi) is 9.99. The van der Waals surface area contributed by atoms with E-state index in [1.807, 2.05) is 42.5 Å². The van der Waals surface area contributed by atoms with E-state index in [0.717, 1.165) is 37.1 Å². The van der Waals surface area contributed by atoms with Gasteiger partial charge in [0.05, 0.1) is 13.2 Å². The number of hydrogen-bond donors (Lipinski definition) is 3. The normalized spacial score (nSPS) is 10.4. The van der Waals surface area contributed by atoms with Crippen LogP contribution < -0.4 is 20.7 Å². The molecule has 34 heavy (non-hydrogen) atoms. The number of carbonyl (C=O) groups excluding carboxylic acids is 2. The molecule has 3 rings (SSSR count). The zero-order valence-corrected chi connectivity index (χ0v) is 19.7. The smallest absolute Gasteiger partial charge is 0.251 e. The van der Waals surface area contributed by atoms with E-state index in [1.54, 1.807) is 24.3 Å². The summed E-state index contributed by atoms with van der Waals surface area (Å²) in [5, 5.41) is 8.83. The fourth-order valence-electron chi connectivity index (χ4n) is 3.35. The van der Waals surface area contributed by atoms with Gasteiger partial charge in [0.25, 0.3) is 5.91 Å². The first kappa shape index (κ1) is 24.8. The van der Waals surface area contributed by atoms with Crippen molar-refractivity contribution < 1.29 is 14.3 Å². The average Bonchev–Trinajstić information content (AvgIpc) is 2.87. The third kappa shape index (κ3) is 8.62. The first-order valence-corrected chi connectivity index (χ1v) is 11.8. The van der Waals surface area contributed by atoms with Crippen LogP contribution in [-0.2, 0) is 11.2 Å². The van der Waals surface area contributed by atoms with Gasteiger partial charge in [0.1, 0.15) is 5.75 Å². The van der Waals surface area contributed by atoms with Gasteiger partial charge in [0.15, 0.2) is 0 Å². The van der Waals surface area contributed by atoms with Gasteiger partial charge in [-0.05, 0) is 73.4 Å². The molecule has 0 spiro atoms. The van der Waals surface area contributed by atoms with Crippen LogP contribution in [0.3, 0.4) is 0 Å². The highest BCUT2D eigenvalue weighted by molar-refractivity contribution is 5.95. The highest BCUT2D eigenvalue weighted by Crippen LogP contribution is 2.16. The molecule has 0 atom stereocenters. The Bertz CT molecular complexity index is 1020. The molecule has 0 aliphatic heterocycles. The van der Waals surface area contributed by atoms with Gasteiger partial charge >= 0.3 is 0 Å². The Labute approximate surface area is 201 Å². The van der Waals surface area contributed by atoms with Crippen molar-refractivity contribution in [2.45, 2.75) is 32.6 Å². The molecule has 0 aliphatic carbocycles. The molecule has 0 aromatic heterocycles. The first-order valence-electron chi connectivity index (χ1n) is 11.8. The van der Waals surface area contributed by atoms with Gasteiger partial charge in [-0.15, -0.1) is 0 Å². The van der Waals surface area contributed by atoms with E-state index in [2.05, 4.69) is 35.0 Å². The van der Waals surface area contributed by atoms with Crippen molar-refractivity contribution >= 4 is 23.2 Å². The van der Waals surface area contributed by atoms with Crippen LogP contribution in [0.1, 0.15) is 42.1 Å². The Morgan fingerprint density at radius 1 is 0.824 bits per heavy atom. The number of benzene rings is 3. The molecule has 0 bridgehead atoms. The van der Waals surface area contributed by atoms with Crippen molar-refractivity contribution in [3.05, 3.63) is 90.0 Å².